The lowest BCUT2D eigenvalue weighted by Crippen LogP contribution is -2.01. The van der Waals surface area contributed by atoms with Crippen molar-refractivity contribution >= 4 is 5.69 Å². The largest absolute Gasteiger partial charge is 0.399 e. The molecule has 0 spiro atoms. The molecular formula is C15H17NO. The van der Waals surface area contributed by atoms with Crippen LogP contribution in [0, 0.1) is 13.8 Å². The highest BCUT2D eigenvalue weighted by molar-refractivity contribution is 5.49. The Morgan fingerprint density at radius 2 is 1.53 bits per heavy atom. The molecule has 0 aliphatic rings. The molecule has 0 aliphatic heterocycles. The van der Waals surface area contributed by atoms with E-state index < -0.39 is 6.10 Å². The zero-order valence-corrected chi connectivity index (χ0v) is 10.1. The number of hydrogen-bond donors (Lipinski definition) is 2. The van der Waals surface area contributed by atoms with E-state index in [4.69, 9.17) is 5.73 Å². The van der Waals surface area contributed by atoms with Gasteiger partial charge < -0.3 is 10.8 Å². The van der Waals surface area contributed by atoms with Crippen LogP contribution in [0.4, 0.5) is 5.69 Å². The van der Waals surface area contributed by atoms with E-state index in [2.05, 4.69) is 0 Å². The molecule has 2 heteroatoms. The van der Waals surface area contributed by atoms with Crippen LogP contribution in [0.5, 0.6) is 0 Å². The Morgan fingerprint density at radius 3 is 2.12 bits per heavy atom. The van der Waals surface area contributed by atoms with Crippen molar-refractivity contribution in [1.29, 1.82) is 0 Å². The van der Waals surface area contributed by atoms with Crippen LogP contribution in [-0.2, 0) is 0 Å². The summed E-state index contributed by atoms with van der Waals surface area (Å²) in [5, 5.41) is 10.3. The van der Waals surface area contributed by atoms with E-state index in [1.807, 2.05) is 56.3 Å². The van der Waals surface area contributed by atoms with E-state index in [-0.39, 0.29) is 0 Å². The molecule has 0 saturated heterocycles. The van der Waals surface area contributed by atoms with Gasteiger partial charge in [0.05, 0.1) is 0 Å². The third-order valence-corrected chi connectivity index (χ3v) is 3.00. The number of rotatable bonds is 2. The second-order valence-corrected chi connectivity index (χ2v) is 4.43. The number of hydrogen-bond acceptors (Lipinski definition) is 2. The van der Waals surface area contributed by atoms with E-state index in [1.54, 1.807) is 0 Å². The fraction of sp³-hybridized carbons (Fsp3) is 0.200. The van der Waals surface area contributed by atoms with Gasteiger partial charge in [-0.2, -0.15) is 0 Å². The van der Waals surface area contributed by atoms with Gasteiger partial charge in [0, 0.05) is 5.69 Å². The monoisotopic (exact) mass is 227 g/mol. The van der Waals surface area contributed by atoms with Crippen molar-refractivity contribution in [3.63, 3.8) is 0 Å². The van der Waals surface area contributed by atoms with Gasteiger partial charge in [0.2, 0.25) is 0 Å². The number of aryl methyl sites for hydroxylation is 2. The summed E-state index contributed by atoms with van der Waals surface area (Å²) >= 11 is 0. The fourth-order valence-electron chi connectivity index (χ4n) is 1.81. The van der Waals surface area contributed by atoms with Gasteiger partial charge in [0.1, 0.15) is 6.10 Å². The zero-order chi connectivity index (χ0) is 12.4. The van der Waals surface area contributed by atoms with Gasteiger partial charge in [-0.3, -0.25) is 0 Å². The minimum absolute atomic E-state index is 0.588. The van der Waals surface area contributed by atoms with Crippen LogP contribution in [0.3, 0.4) is 0 Å². The number of aliphatic hydroxyl groups is 1. The molecule has 1 atom stereocenters. The Bertz CT molecular complexity index is 517. The van der Waals surface area contributed by atoms with Crippen LogP contribution in [0.1, 0.15) is 28.4 Å². The molecule has 0 aromatic heterocycles. The number of nitrogens with two attached hydrogens (primary N) is 1. The average molecular weight is 227 g/mol. The van der Waals surface area contributed by atoms with E-state index in [9.17, 15) is 5.11 Å². The maximum absolute atomic E-state index is 10.3. The molecule has 2 nitrogen and oxygen atoms in total. The van der Waals surface area contributed by atoms with Gasteiger partial charge >= 0.3 is 0 Å². The molecule has 2 rings (SSSR count). The quantitative estimate of drug-likeness (QED) is 0.775. The average Bonchev–Trinajstić information content (AvgIpc) is 2.33. The Labute approximate surface area is 102 Å². The molecule has 3 N–H and O–H groups in total. The Morgan fingerprint density at radius 1 is 0.941 bits per heavy atom. The molecule has 0 saturated carbocycles. The standard InChI is InChI=1S/C15H17NO/c1-10-3-5-12(6-4-10)15(17)13-7-8-14(16)11(2)9-13/h3-9,15,17H,16H2,1-2H3/t15-/m0/s1. The SMILES string of the molecule is Cc1ccc([C@H](O)c2ccc(N)c(C)c2)cc1. The van der Waals surface area contributed by atoms with Crippen molar-refractivity contribution in [3.05, 3.63) is 64.7 Å². The van der Waals surface area contributed by atoms with Crippen molar-refractivity contribution in [2.45, 2.75) is 20.0 Å². The van der Waals surface area contributed by atoms with Crippen LogP contribution in [0.25, 0.3) is 0 Å². The number of aliphatic hydroxyl groups excluding tert-OH is 1. The molecule has 0 fully saturated rings. The van der Waals surface area contributed by atoms with Crippen molar-refractivity contribution in [1.82, 2.24) is 0 Å². The number of nitrogen functional groups attached to an aromatic ring is 1. The first-order valence-electron chi connectivity index (χ1n) is 5.68. The summed E-state index contributed by atoms with van der Waals surface area (Å²) < 4.78 is 0. The van der Waals surface area contributed by atoms with Crippen LogP contribution in [-0.4, -0.2) is 5.11 Å². The van der Waals surface area contributed by atoms with Crippen LogP contribution < -0.4 is 5.73 Å². The Kier molecular flexibility index (Phi) is 3.16. The third kappa shape index (κ3) is 2.48. The lowest BCUT2D eigenvalue weighted by Gasteiger charge is -2.13. The van der Waals surface area contributed by atoms with Gasteiger partial charge in [-0.1, -0.05) is 42.0 Å². The van der Waals surface area contributed by atoms with Gasteiger partial charge in [0.25, 0.3) is 0 Å². The van der Waals surface area contributed by atoms with Crippen molar-refractivity contribution in [3.8, 4) is 0 Å². The van der Waals surface area contributed by atoms with Crippen LogP contribution >= 0.6 is 0 Å². The molecule has 17 heavy (non-hydrogen) atoms. The number of anilines is 1. The molecule has 0 amide bonds. The van der Waals surface area contributed by atoms with Crippen molar-refractivity contribution in [2.75, 3.05) is 5.73 Å². The second kappa shape index (κ2) is 4.60. The van der Waals surface area contributed by atoms with Crippen molar-refractivity contribution < 1.29 is 5.11 Å². The lowest BCUT2D eigenvalue weighted by atomic mass is 9.98. The summed E-state index contributed by atoms with van der Waals surface area (Å²) in [7, 11) is 0. The number of benzene rings is 2. The molecule has 0 radical (unpaired) electrons. The van der Waals surface area contributed by atoms with E-state index in [0.717, 1.165) is 22.4 Å². The Hall–Kier alpha value is -1.80. The fourth-order valence-corrected chi connectivity index (χ4v) is 1.81. The maximum Gasteiger partial charge on any atom is 0.104 e. The molecule has 0 heterocycles. The smallest absolute Gasteiger partial charge is 0.104 e. The van der Waals surface area contributed by atoms with Crippen molar-refractivity contribution in [2.24, 2.45) is 0 Å². The summed E-state index contributed by atoms with van der Waals surface area (Å²) in [6, 6.07) is 13.5. The van der Waals surface area contributed by atoms with Crippen LogP contribution in [0.15, 0.2) is 42.5 Å². The minimum Gasteiger partial charge on any atom is -0.399 e. The molecule has 0 aliphatic carbocycles. The minimum atomic E-state index is -0.588. The predicted molar refractivity (Wildman–Crippen MR) is 70.8 cm³/mol. The van der Waals surface area contributed by atoms with Gasteiger partial charge in [0.15, 0.2) is 0 Å². The summed E-state index contributed by atoms with van der Waals surface area (Å²) in [6.45, 7) is 3.98. The first kappa shape index (κ1) is 11.7. The van der Waals surface area contributed by atoms with Gasteiger partial charge in [-0.15, -0.1) is 0 Å². The molecule has 2 aromatic rings. The summed E-state index contributed by atoms with van der Waals surface area (Å²) in [5.74, 6) is 0. The third-order valence-electron chi connectivity index (χ3n) is 3.00. The lowest BCUT2D eigenvalue weighted by molar-refractivity contribution is 0.220. The van der Waals surface area contributed by atoms with E-state index >= 15 is 0 Å². The topological polar surface area (TPSA) is 46.2 Å². The van der Waals surface area contributed by atoms with E-state index in [0.29, 0.717) is 0 Å². The maximum atomic E-state index is 10.3. The van der Waals surface area contributed by atoms with Crippen LogP contribution in [0.2, 0.25) is 0 Å². The highest BCUT2D eigenvalue weighted by Crippen LogP contribution is 2.24. The first-order valence-corrected chi connectivity index (χ1v) is 5.68. The summed E-state index contributed by atoms with van der Waals surface area (Å²) in [5.41, 5.74) is 10.5. The molecule has 0 bridgehead atoms. The second-order valence-electron chi connectivity index (χ2n) is 4.43. The molecule has 88 valence electrons. The molecular weight excluding hydrogens is 210 g/mol. The highest BCUT2D eigenvalue weighted by Gasteiger charge is 2.10. The zero-order valence-electron chi connectivity index (χ0n) is 10.1. The molecule has 0 unspecified atom stereocenters. The van der Waals surface area contributed by atoms with E-state index in [1.165, 1.54) is 5.56 Å². The Balaban J connectivity index is 2.33. The predicted octanol–water partition coefficient (Wildman–Crippen LogP) is 2.97. The molecule has 2 aromatic carbocycles. The van der Waals surface area contributed by atoms with Gasteiger partial charge in [-0.25, -0.2) is 0 Å². The first-order chi connectivity index (χ1) is 8.08. The highest BCUT2D eigenvalue weighted by atomic mass is 16.3. The summed E-state index contributed by atoms with van der Waals surface area (Å²) in [4.78, 5) is 0. The summed E-state index contributed by atoms with van der Waals surface area (Å²) in [6.07, 6.45) is -0.588. The van der Waals surface area contributed by atoms with Gasteiger partial charge in [-0.05, 0) is 36.6 Å². The normalized spacial score (nSPS) is 12.4.